The van der Waals surface area contributed by atoms with Crippen molar-refractivity contribution in [3.05, 3.63) is 83.4 Å². The van der Waals surface area contributed by atoms with Crippen molar-refractivity contribution in [2.45, 2.75) is 0 Å². The van der Waals surface area contributed by atoms with E-state index < -0.39 is 0 Å². The quantitative estimate of drug-likeness (QED) is 0.353. The first kappa shape index (κ1) is 19.0. The fraction of sp³-hybridized carbons (Fsp3) is 0.0909. The van der Waals surface area contributed by atoms with Gasteiger partial charge in [-0.15, -0.1) is 0 Å². The van der Waals surface area contributed by atoms with Crippen molar-refractivity contribution in [1.29, 1.82) is 0 Å². The molecule has 3 aromatic carbocycles. The van der Waals surface area contributed by atoms with Gasteiger partial charge in [0.2, 0.25) is 0 Å². The minimum Gasteiger partial charge on any atom is -0.507 e. The lowest BCUT2D eigenvalue weighted by atomic mass is 10.0. The van der Waals surface area contributed by atoms with E-state index >= 15 is 0 Å². The summed E-state index contributed by atoms with van der Waals surface area (Å²) in [5.74, 6) is 0.202. The van der Waals surface area contributed by atoms with Crippen LogP contribution in [0.4, 0.5) is 0 Å². The molecule has 0 aliphatic rings. The van der Waals surface area contributed by atoms with E-state index in [9.17, 15) is 19.8 Å². The Morgan fingerprint density at radius 2 is 1.43 bits per heavy atom. The molecule has 0 saturated heterocycles. The zero-order chi connectivity index (χ0) is 19.9. The average molecular weight is 378 g/mol. The van der Waals surface area contributed by atoms with E-state index in [0.717, 1.165) is 0 Å². The Balaban J connectivity index is 1.55. The minimum absolute atomic E-state index is 0.156. The number of aldehydes is 1. The Morgan fingerprint density at radius 1 is 0.821 bits per heavy atom. The maximum Gasteiger partial charge on any atom is 0.196 e. The van der Waals surface area contributed by atoms with Crippen molar-refractivity contribution < 1.29 is 29.3 Å². The Morgan fingerprint density at radius 3 is 2.00 bits per heavy atom. The maximum atomic E-state index is 12.4. The molecule has 0 atom stereocenters. The van der Waals surface area contributed by atoms with Crippen LogP contribution in [0.3, 0.4) is 0 Å². The predicted octanol–water partition coefficient (Wildman–Crippen LogP) is 3.60. The molecule has 0 amide bonds. The molecule has 2 N–H and O–H groups in total. The third-order valence-electron chi connectivity index (χ3n) is 4.00. The number of ketones is 1. The molecular weight excluding hydrogens is 360 g/mol. The van der Waals surface area contributed by atoms with Crippen LogP contribution >= 0.6 is 0 Å². The number of rotatable bonds is 8. The second kappa shape index (κ2) is 8.73. The molecule has 0 aliphatic heterocycles. The summed E-state index contributed by atoms with van der Waals surface area (Å²) < 4.78 is 10.9. The fourth-order valence-electron chi connectivity index (χ4n) is 2.57. The van der Waals surface area contributed by atoms with Gasteiger partial charge in [-0.3, -0.25) is 9.59 Å². The van der Waals surface area contributed by atoms with Gasteiger partial charge in [0.25, 0.3) is 0 Å². The minimum atomic E-state index is -0.272. The number of carbonyl (C=O) groups is 2. The van der Waals surface area contributed by atoms with Gasteiger partial charge in [-0.1, -0.05) is 30.3 Å². The van der Waals surface area contributed by atoms with Gasteiger partial charge in [0.05, 0.1) is 11.1 Å². The molecule has 6 heteroatoms. The Kier molecular flexibility index (Phi) is 5.91. The first-order chi connectivity index (χ1) is 13.6. The van der Waals surface area contributed by atoms with Crippen LogP contribution < -0.4 is 9.47 Å². The van der Waals surface area contributed by atoms with Crippen LogP contribution in [-0.4, -0.2) is 35.5 Å². The number of carbonyl (C=O) groups excluding carboxylic acids is 2. The number of phenolic OH excluding ortho intramolecular Hbond substituents is 2. The van der Waals surface area contributed by atoms with Gasteiger partial charge in [-0.05, 0) is 24.3 Å². The van der Waals surface area contributed by atoms with E-state index in [4.69, 9.17) is 9.47 Å². The highest BCUT2D eigenvalue weighted by molar-refractivity contribution is 6.10. The van der Waals surface area contributed by atoms with Gasteiger partial charge in [0, 0.05) is 17.7 Å². The van der Waals surface area contributed by atoms with Crippen LogP contribution in [0.2, 0.25) is 0 Å². The van der Waals surface area contributed by atoms with E-state index in [1.165, 1.54) is 24.3 Å². The molecule has 3 aromatic rings. The average Bonchev–Trinajstić information content (AvgIpc) is 2.71. The SMILES string of the molecule is O=Cc1ccc(OCCOc2ccc(C(=O)c3ccccc3)c(O)c2)cc1O. The lowest BCUT2D eigenvalue weighted by molar-refractivity contribution is 0.103. The number of benzene rings is 3. The maximum absolute atomic E-state index is 12.4. The summed E-state index contributed by atoms with van der Waals surface area (Å²) in [6.07, 6.45) is 0.556. The normalized spacial score (nSPS) is 10.3. The van der Waals surface area contributed by atoms with Gasteiger partial charge in [-0.25, -0.2) is 0 Å². The lowest BCUT2D eigenvalue weighted by Gasteiger charge is -2.10. The summed E-state index contributed by atoms with van der Waals surface area (Å²) in [6.45, 7) is 0.368. The third-order valence-corrected chi connectivity index (χ3v) is 4.00. The van der Waals surface area contributed by atoms with Gasteiger partial charge in [0.1, 0.15) is 36.2 Å². The van der Waals surface area contributed by atoms with Crippen LogP contribution in [0.1, 0.15) is 26.3 Å². The largest absolute Gasteiger partial charge is 0.507 e. The summed E-state index contributed by atoms with van der Waals surface area (Å²) in [4.78, 5) is 23.1. The molecule has 0 bridgehead atoms. The van der Waals surface area contributed by atoms with Gasteiger partial charge in [0.15, 0.2) is 12.1 Å². The highest BCUT2D eigenvalue weighted by Crippen LogP contribution is 2.26. The molecular formula is C22H18O6. The molecule has 0 heterocycles. The van der Waals surface area contributed by atoms with Gasteiger partial charge in [-0.2, -0.15) is 0 Å². The highest BCUT2D eigenvalue weighted by atomic mass is 16.5. The molecule has 0 unspecified atom stereocenters. The number of hydrogen-bond acceptors (Lipinski definition) is 6. The standard InChI is InChI=1S/C22H18O6/c23-14-16-6-7-17(12-20(16)24)27-10-11-28-18-8-9-19(21(25)13-18)22(26)15-4-2-1-3-5-15/h1-9,12-14,24-25H,10-11H2. The van der Waals surface area contributed by atoms with Crippen LogP contribution in [0.5, 0.6) is 23.0 Å². The Bertz CT molecular complexity index is 982. The van der Waals surface area contributed by atoms with Crippen LogP contribution in [0.15, 0.2) is 66.7 Å². The van der Waals surface area contributed by atoms with E-state index in [1.54, 1.807) is 36.4 Å². The summed E-state index contributed by atoms with van der Waals surface area (Å²) in [7, 11) is 0. The van der Waals surface area contributed by atoms with Crippen LogP contribution in [-0.2, 0) is 0 Å². The second-order valence-electron chi connectivity index (χ2n) is 5.91. The van der Waals surface area contributed by atoms with E-state index in [-0.39, 0.29) is 41.6 Å². The number of aromatic hydroxyl groups is 2. The zero-order valence-electron chi connectivity index (χ0n) is 14.9. The second-order valence-corrected chi connectivity index (χ2v) is 5.91. The first-order valence-electron chi connectivity index (χ1n) is 8.55. The first-order valence-corrected chi connectivity index (χ1v) is 8.55. The molecule has 28 heavy (non-hydrogen) atoms. The molecule has 0 spiro atoms. The molecule has 6 nitrogen and oxygen atoms in total. The van der Waals surface area contributed by atoms with Crippen molar-refractivity contribution in [3.8, 4) is 23.0 Å². The summed E-state index contributed by atoms with van der Waals surface area (Å²) in [6, 6.07) is 17.6. The Labute approximate surface area is 161 Å². The molecule has 0 aliphatic carbocycles. The van der Waals surface area contributed by atoms with E-state index in [2.05, 4.69) is 0 Å². The molecule has 0 radical (unpaired) electrons. The summed E-state index contributed by atoms with van der Waals surface area (Å²) >= 11 is 0. The summed E-state index contributed by atoms with van der Waals surface area (Å²) in [5, 5.41) is 19.8. The van der Waals surface area contributed by atoms with Crippen molar-refractivity contribution in [2.24, 2.45) is 0 Å². The molecule has 3 rings (SSSR count). The molecule has 0 aromatic heterocycles. The van der Waals surface area contributed by atoms with Crippen molar-refractivity contribution in [3.63, 3.8) is 0 Å². The molecule has 142 valence electrons. The van der Waals surface area contributed by atoms with E-state index in [0.29, 0.717) is 23.3 Å². The zero-order valence-corrected chi connectivity index (χ0v) is 14.9. The molecule has 0 fully saturated rings. The number of hydrogen-bond donors (Lipinski definition) is 2. The van der Waals surface area contributed by atoms with Crippen molar-refractivity contribution >= 4 is 12.1 Å². The lowest BCUT2D eigenvalue weighted by Crippen LogP contribution is -2.09. The van der Waals surface area contributed by atoms with Crippen LogP contribution in [0, 0.1) is 0 Å². The van der Waals surface area contributed by atoms with Crippen LogP contribution in [0.25, 0.3) is 0 Å². The monoisotopic (exact) mass is 378 g/mol. The topological polar surface area (TPSA) is 93.1 Å². The highest BCUT2D eigenvalue weighted by Gasteiger charge is 2.14. The Hall–Kier alpha value is -3.80. The predicted molar refractivity (Wildman–Crippen MR) is 102 cm³/mol. The smallest absolute Gasteiger partial charge is 0.196 e. The fourth-order valence-corrected chi connectivity index (χ4v) is 2.57. The number of ether oxygens (including phenoxy) is 2. The molecule has 0 saturated carbocycles. The van der Waals surface area contributed by atoms with Crippen molar-refractivity contribution in [1.82, 2.24) is 0 Å². The van der Waals surface area contributed by atoms with Gasteiger partial charge >= 0.3 is 0 Å². The van der Waals surface area contributed by atoms with E-state index in [1.807, 2.05) is 6.07 Å². The van der Waals surface area contributed by atoms with Crippen molar-refractivity contribution in [2.75, 3.05) is 13.2 Å². The van der Waals surface area contributed by atoms with Gasteiger partial charge < -0.3 is 19.7 Å². The summed E-state index contributed by atoms with van der Waals surface area (Å²) in [5.41, 5.74) is 0.869. The number of phenols is 2. The third kappa shape index (κ3) is 4.48.